The van der Waals surface area contributed by atoms with Crippen molar-refractivity contribution in [3.05, 3.63) is 55.5 Å². The summed E-state index contributed by atoms with van der Waals surface area (Å²) in [4.78, 5) is 25.4. The molecule has 152 valence electrons. The molecule has 0 radical (unpaired) electrons. The number of fused-ring (bicyclic) bond motifs is 1. The first kappa shape index (κ1) is 19.9. The van der Waals surface area contributed by atoms with E-state index < -0.39 is 17.2 Å². The molecule has 0 saturated heterocycles. The van der Waals surface area contributed by atoms with Gasteiger partial charge in [-0.1, -0.05) is 0 Å². The van der Waals surface area contributed by atoms with E-state index >= 15 is 0 Å². The van der Waals surface area contributed by atoms with Crippen molar-refractivity contribution in [1.29, 1.82) is 5.26 Å². The van der Waals surface area contributed by atoms with Gasteiger partial charge in [0.2, 0.25) is 5.75 Å². The van der Waals surface area contributed by atoms with Gasteiger partial charge >= 0.3 is 5.69 Å². The van der Waals surface area contributed by atoms with E-state index in [1.807, 2.05) is 0 Å². The lowest BCUT2D eigenvalue weighted by atomic mass is 9.83. The maximum Gasteiger partial charge on any atom is 0.332 e. The number of allylic oxidation sites excluding steroid dienone is 1. The number of nitrogens with zero attached hydrogens (tertiary/aromatic N) is 3. The SMILES string of the molecule is COc1cc([C@H]2C(C#N)=C(N)Nc3c2c(=O)n(C)c(=O)n3C)cc(OC)c1OC. The van der Waals surface area contributed by atoms with E-state index in [-0.39, 0.29) is 22.8 Å². The Balaban J connectivity index is 2.43. The molecule has 2 aromatic rings. The Hall–Kier alpha value is -3.87. The minimum atomic E-state index is -0.838. The van der Waals surface area contributed by atoms with Gasteiger partial charge in [-0.05, 0) is 17.7 Å². The minimum absolute atomic E-state index is 0.0574. The molecule has 3 rings (SSSR count). The third-order valence-electron chi connectivity index (χ3n) is 4.96. The van der Waals surface area contributed by atoms with Crippen LogP contribution in [0.25, 0.3) is 0 Å². The lowest BCUT2D eigenvalue weighted by Gasteiger charge is -2.29. The maximum atomic E-state index is 13.0. The molecule has 1 aromatic carbocycles. The second kappa shape index (κ2) is 7.27. The van der Waals surface area contributed by atoms with Crippen LogP contribution in [-0.2, 0) is 14.1 Å². The number of rotatable bonds is 4. The van der Waals surface area contributed by atoms with E-state index in [1.54, 1.807) is 12.1 Å². The first-order chi connectivity index (χ1) is 13.8. The molecule has 1 aliphatic heterocycles. The number of benzene rings is 1. The second-order valence-corrected chi connectivity index (χ2v) is 6.42. The first-order valence-corrected chi connectivity index (χ1v) is 8.57. The maximum absolute atomic E-state index is 13.0. The van der Waals surface area contributed by atoms with Gasteiger partial charge < -0.3 is 25.3 Å². The molecule has 1 aromatic heterocycles. The number of nitrogens with two attached hydrogens (primary N) is 1. The Morgan fingerprint density at radius 2 is 1.66 bits per heavy atom. The van der Waals surface area contributed by atoms with Gasteiger partial charge in [-0.3, -0.25) is 13.9 Å². The fraction of sp³-hybridized carbons (Fsp3) is 0.316. The van der Waals surface area contributed by atoms with E-state index in [0.717, 1.165) is 4.57 Å². The molecule has 0 spiro atoms. The Kier molecular flexibility index (Phi) is 4.99. The van der Waals surface area contributed by atoms with E-state index in [2.05, 4.69) is 11.4 Å². The number of methoxy groups -OCH3 is 3. The number of hydrogen-bond donors (Lipinski definition) is 2. The highest BCUT2D eigenvalue weighted by atomic mass is 16.5. The van der Waals surface area contributed by atoms with Crippen molar-refractivity contribution in [3.8, 4) is 23.3 Å². The Morgan fingerprint density at radius 1 is 1.07 bits per heavy atom. The van der Waals surface area contributed by atoms with Crippen LogP contribution >= 0.6 is 0 Å². The molecule has 2 heterocycles. The van der Waals surface area contributed by atoms with Gasteiger partial charge in [0.25, 0.3) is 5.56 Å². The van der Waals surface area contributed by atoms with Crippen molar-refractivity contribution in [1.82, 2.24) is 9.13 Å². The molecule has 0 bridgehead atoms. The van der Waals surface area contributed by atoms with Crippen LogP contribution < -0.4 is 36.5 Å². The molecular weight excluding hydrogens is 378 g/mol. The molecule has 3 N–H and O–H groups in total. The van der Waals surface area contributed by atoms with Crippen LogP contribution in [0.3, 0.4) is 0 Å². The number of nitriles is 1. The fourth-order valence-electron chi connectivity index (χ4n) is 3.50. The largest absolute Gasteiger partial charge is 0.493 e. The van der Waals surface area contributed by atoms with Gasteiger partial charge in [-0.2, -0.15) is 5.26 Å². The summed E-state index contributed by atoms with van der Waals surface area (Å²) >= 11 is 0. The number of aromatic nitrogens is 2. The van der Waals surface area contributed by atoms with E-state index in [4.69, 9.17) is 19.9 Å². The molecule has 0 amide bonds. The molecule has 29 heavy (non-hydrogen) atoms. The van der Waals surface area contributed by atoms with Crippen molar-refractivity contribution in [2.75, 3.05) is 26.6 Å². The average Bonchev–Trinajstić information content (AvgIpc) is 2.74. The second-order valence-electron chi connectivity index (χ2n) is 6.42. The van der Waals surface area contributed by atoms with Crippen molar-refractivity contribution in [2.45, 2.75) is 5.92 Å². The lowest BCUT2D eigenvalue weighted by Crippen LogP contribution is -2.43. The van der Waals surface area contributed by atoms with Crippen LogP contribution in [0.4, 0.5) is 5.82 Å². The monoisotopic (exact) mass is 399 g/mol. The van der Waals surface area contributed by atoms with Gasteiger partial charge in [0.05, 0.1) is 44.5 Å². The summed E-state index contributed by atoms with van der Waals surface area (Å²) in [5.41, 5.74) is 5.91. The summed E-state index contributed by atoms with van der Waals surface area (Å²) in [6, 6.07) is 5.37. The normalized spacial score (nSPS) is 15.2. The molecule has 1 aliphatic rings. The van der Waals surface area contributed by atoms with Crippen LogP contribution in [0, 0.1) is 11.3 Å². The minimum Gasteiger partial charge on any atom is -0.493 e. The van der Waals surface area contributed by atoms with Crippen LogP contribution in [0.2, 0.25) is 0 Å². The average molecular weight is 399 g/mol. The standard InChI is InChI=1S/C19H21N5O5/c1-23-17-14(18(25)24(2)19(23)26)13(10(8-20)16(21)22-17)9-6-11(27-3)15(29-5)12(7-9)28-4/h6-7,13,22H,21H2,1-5H3/t13-/m0/s1. The van der Waals surface area contributed by atoms with E-state index in [0.29, 0.717) is 22.8 Å². The third kappa shape index (κ3) is 2.87. The molecule has 0 saturated carbocycles. The first-order valence-electron chi connectivity index (χ1n) is 8.57. The molecule has 0 fully saturated rings. The Bertz CT molecular complexity index is 1160. The number of hydrogen-bond acceptors (Lipinski definition) is 8. The van der Waals surface area contributed by atoms with E-state index in [1.165, 1.54) is 40.0 Å². The fourth-order valence-corrected chi connectivity index (χ4v) is 3.50. The molecule has 10 heteroatoms. The highest BCUT2D eigenvalue weighted by Crippen LogP contribution is 2.45. The quantitative estimate of drug-likeness (QED) is 0.753. The van der Waals surface area contributed by atoms with Crippen LogP contribution in [0.15, 0.2) is 33.1 Å². The molecule has 0 aliphatic carbocycles. The molecule has 1 atom stereocenters. The summed E-state index contributed by atoms with van der Waals surface area (Å²) < 4.78 is 18.4. The summed E-state index contributed by atoms with van der Waals surface area (Å²) in [7, 11) is 7.31. The number of anilines is 1. The number of ether oxygens (including phenoxy) is 3. The summed E-state index contributed by atoms with van der Waals surface area (Å²) in [5.74, 6) is 0.543. The van der Waals surface area contributed by atoms with Gasteiger partial charge in [0, 0.05) is 14.1 Å². The zero-order valence-corrected chi connectivity index (χ0v) is 16.7. The van der Waals surface area contributed by atoms with Crippen molar-refractivity contribution < 1.29 is 14.2 Å². The Morgan fingerprint density at radius 3 is 2.14 bits per heavy atom. The zero-order valence-electron chi connectivity index (χ0n) is 16.7. The van der Waals surface area contributed by atoms with Crippen LogP contribution in [0.1, 0.15) is 17.0 Å². The third-order valence-corrected chi connectivity index (χ3v) is 4.96. The van der Waals surface area contributed by atoms with Gasteiger partial charge in [-0.15, -0.1) is 0 Å². The Labute approximate surface area is 166 Å². The lowest BCUT2D eigenvalue weighted by molar-refractivity contribution is 0.323. The predicted molar refractivity (Wildman–Crippen MR) is 105 cm³/mol. The predicted octanol–water partition coefficient (Wildman–Crippen LogP) is 0.361. The highest BCUT2D eigenvalue weighted by molar-refractivity contribution is 5.66. The van der Waals surface area contributed by atoms with Crippen molar-refractivity contribution >= 4 is 5.82 Å². The molecule has 0 unspecified atom stereocenters. The van der Waals surface area contributed by atoms with Gasteiger partial charge in [0.15, 0.2) is 11.5 Å². The summed E-state index contributed by atoms with van der Waals surface area (Å²) in [6.07, 6.45) is 0. The molecule has 10 nitrogen and oxygen atoms in total. The van der Waals surface area contributed by atoms with Gasteiger partial charge in [-0.25, -0.2) is 4.79 Å². The summed E-state index contributed by atoms with van der Waals surface area (Å²) in [5, 5.41) is 12.6. The van der Waals surface area contributed by atoms with E-state index in [9.17, 15) is 14.9 Å². The highest BCUT2D eigenvalue weighted by Gasteiger charge is 2.35. The topological polar surface area (TPSA) is 134 Å². The van der Waals surface area contributed by atoms with Crippen LogP contribution in [-0.4, -0.2) is 30.5 Å². The summed E-state index contributed by atoms with van der Waals surface area (Å²) in [6.45, 7) is 0. The zero-order chi connectivity index (χ0) is 21.5. The van der Waals surface area contributed by atoms with Crippen molar-refractivity contribution in [2.24, 2.45) is 19.8 Å². The van der Waals surface area contributed by atoms with Gasteiger partial charge in [0.1, 0.15) is 11.6 Å². The smallest absolute Gasteiger partial charge is 0.332 e. The van der Waals surface area contributed by atoms with Crippen molar-refractivity contribution in [3.63, 3.8) is 0 Å². The number of nitrogens with one attached hydrogen (secondary N) is 1. The van der Waals surface area contributed by atoms with Crippen LogP contribution in [0.5, 0.6) is 17.2 Å². The molecular formula is C19H21N5O5.